The zero-order chi connectivity index (χ0) is 13.8. The van der Waals surface area contributed by atoms with Crippen molar-refractivity contribution in [1.29, 1.82) is 0 Å². The van der Waals surface area contributed by atoms with Crippen LogP contribution in [-0.2, 0) is 0 Å². The lowest BCUT2D eigenvalue weighted by Crippen LogP contribution is -2.44. The molecule has 1 aromatic heterocycles. The number of carbonyl (C=O) groups is 1. The lowest BCUT2D eigenvalue weighted by molar-refractivity contribution is 0.0652. The number of aromatic nitrogens is 1. The maximum Gasteiger partial charge on any atom is 0.255 e. The average molecular weight is 282 g/mol. The van der Waals surface area contributed by atoms with E-state index in [1.165, 1.54) is 6.20 Å². The third-order valence-electron chi connectivity index (χ3n) is 3.93. The zero-order valence-corrected chi connectivity index (χ0v) is 11.9. The predicted octanol–water partition coefficient (Wildman–Crippen LogP) is 2.32. The largest absolute Gasteiger partial charge is 0.336 e. The van der Waals surface area contributed by atoms with Gasteiger partial charge in [-0.1, -0.05) is 18.0 Å². The number of hydrogen-bond donors (Lipinski definition) is 1. The third-order valence-corrected chi connectivity index (χ3v) is 4.23. The molecule has 2 N–H and O–H groups in total. The first-order valence-corrected chi connectivity index (χ1v) is 7.17. The second kappa shape index (κ2) is 6.35. The van der Waals surface area contributed by atoms with Crippen molar-refractivity contribution in [3.63, 3.8) is 0 Å². The topological polar surface area (TPSA) is 59.2 Å². The van der Waals surface area contributed by atoms with Crippen LogP contribution >= 0.6 is 11.6 Å². The molecule has 0 bridgehead atoms. The fourth-order valence-corrected chi connectivity index (χ4v) is 3.13. The Kier molecular flexibility index (Phi) is 4.77. The highest BCUT2D eigenvalue weighted by atomic mass is 35.5. The second-order valence-electron chi connectivity index (χ2n) is 4.94. The second-order valence-corrected chi connectivity index (χ2v) is 5.35. The number of carbonyl (C=O) groups excluding carboxylic acids is 1. The SMILES string of the molecule is CCN(C(=O)c1ccncc1Cl)C1CCCC1CN. The zero-order valence-electron chi connectivity index (χ0n) is 11.2. The number of pyridine rings is 1. The quantitative estimate of drug-likeness (QED) is 0.921. The summed E-state index contributed by atoms with van der Waals surface area (Å²) in [6.45, 7) is 3.32. The maximum atomic E-state index is 12.6. The van der Waals surface area contributed by atoms with Crippen LogP contribution in [0.5, 0.6) is 0 Å². The Bertz CT molecular complexity index is 452. The maximum absolute atomic E-state index is 12.6. The summed E-state index contributed by atoms with van der Waals surface area (Å²) >= 11 is 6.06. The van der Waals surface area contributed by atoms with Gasteiger partial charge in [-0.2, -0.15) is 0 Å². The summed E-state index contributed by atoms with van der Waals surface area (Å²) < 4.78 is 0. The molecular weight excluding hydrogens is 262 g/mol. The minimum Gasteiger partial charge on any atom is -0.336 e. The number of nitrogens with zero attached hydrogens (tertiary/aromatic N) is 2. The van der Waals surface area contributed by atoms with Crippen molar-refractivity contribution in [3.8, 4) is 0 Å². The van der Waals surface area contributed by atoms with Gasteiger partial charge in [-0.25, -0.2) is 0 Å². The fraction of sp³-hybridized carbons (Fsp3) is 0.571. The first-order valence-electron chi connectivity index (χ1n) is 6.79. The molecule has 1 fully saturated rings. The number of hydrogen-bond acceptors (Lipinski definition) is 3. The van der Waals surface area contributed by atoms with Crippen LogP contribution in [-0.4, -0.2) is 34.9 Å². The van der Waals surface area contributed by atoms with Gasteiger partial charge in [-0.3, -0.25) is 9.78 Å². The molecule has 4 nitrogen and oxygen atoms in total. The Hall–Kier alpha value is -1.13. The highest BCUT2D eigenvalue weighted by molar-refractivity contribution is 6.33. The Morgan fingerprint density at radius 1 is 1.58 bits per heavy atom. The number of rotatable bonds is 4. The molecular formula is C14H20ClN3O. The third kappa shape index (κ3) is 2.90. The van der Waals surface area contributed by atoms with Gasteiger partial charge in [0.25, 0.3) is 5.91 Å². The predicted molar refractivity (Wildman–Crippen MR) is 76.1 cm³/mol. The van der Waals surface area contributed by atoms with Crippen molar-refractivity contribution < 1.29 is 4.79 Å². The van der Waals surface area contributed by atoms with Crippen LogP contribution < -0.4 is 5.73 Å². The summed E-state index contributed by atoms with van der Waals surface area (Å²) in [5.74, 6) is 0.393. The van der Waals surface area contributed by atoms with Crippen LogP contribution in [0.1, 0.15) is 36.5 Å². The van der Waals surface area contributed by atoms with Crippen LogP contribution in [0.15, 0.2) is 18.5 Å². The first kappa shape index (κ1) is 14.3. The summed E-state index contributed by atoms with van der Waals surface area (Å²) in [7, 11) is 0. The summed E-state index contributed by atoms with van der Waals surface area (Å²) in [6.07, 6.45) is 6.39. The fourth-order valence-electron chi connectivity index (χ4n) is 2.93. The summed E-state index contributed by atoms with van der Waals surface area (Å²) in [6, 6.07) is 1.92. The van der Waals surface area contributed by atoms with Crippen molar-refractivity contribution in [2.24, 2.45) is 11.7 Å². The van der Waals surface area contributed by atoms with Gasteiger partial charge in [0, 0.05) is 25.0 Å². The van der Waals surface area contributed by atoms with Crippen LogP contribution in [0.3, 0.4) is 0 Å². The molecule has 1 heterocycles. The van der Waals surface area contributed by atoms with E-state index < -0.39 is 0 Å². The van der Waals surface area contributed by atoms with Crippen LogP contribution in [0.4, 0.5) is 0 Å². The molecule has 2 unspecified atom stereocenters. The van der Waals surface area contributed by atoms with Crippen LogP contribution in [0.25, 0.3) is 0 Å². The van der Waals surface area contributed by atoms with E-state index in [-0.39, 0.29) is 11.9 Å². The standard InChI is InChI=1S/C14H20ClN3O/c1-2-18(13-5-3-4-10(13)8-16)14(19)11-6-7-17-9-12(11)15/h6-7,9-10,13H,2-5,8,16H2,1H3. The molecule has 19 heavy (non-hydrogen) atoms. The molecule has 1 aliphatic rings. The van der Waals surface area contributed by atoms with Gasteiger partial charge in [0.1, 0.15) is 0 Å². The lowest BCUT2D eigenvalue weighted by atomic mass is 10.0. The molecule has 0 aromatic carbocycles. The molecule has 2 rings (SSSR count). The van der Waals surface area contributed by atoms with E-state index in [0.29, 0.717) is 29.6 Å². The van der Waals surface area contributed by atoms with E-state index in [0.717, 1.165) is 19.3 Å². The van der Waals surface area contributed by atoms with Gasteiger partial charge >= 0.3 is 0 Å². The van der Waals surface area contributed by atoms with Crippen LogP contribution in [0, 0.1) is 5.92 Å². The van der Waals surface area contributed by atoms with Crippen molar-refractivity contribution in [3.05, 3.63) is 29.0 Å². The summed E-state index contributed by atoms with van der Waals surface area (Å²) in [4.78, 5) is 18.4. The summed E-state index contributed by atoms with van der Waals surface area (Å²) in [5, 5.41) is 0.410. The highest BCUT2D eigenvalue weighted by Crippen LogP contribution is 2.30. The first-order chi connectivity index (χ1) is 9.19. The van der Waals surface area contributed by atoms with Crippen molar-refractivity contribution in [2.75, 3.05) is 13.1 Å². The normalized spacial score (nSPS) is 22.5. The number of nitrogens with two attached hydrogens (primary N) is 1. The highest BCUT2D eigenvalue weighted by Gasteiger charge is 2.33. The van der Waals surface area contributed by atoms with Crippen molar-refractivity contribution in [2.45, 2.75) is 32.2 Å². The van der Waals surface area contributed by atoms with Gasteiger partial charge in [0.05, 0.1) is 10.6 Å². The number of amides is 1. The molecule has 5 heteroatoms. The summed E-state index contributed by atoms with van der Waals surface area (Å²) in [5.41, 5.74) is 6.34. The van der Waals surface area contributed by atoms with Gasteiger partial charge in [-0.15, -0.1) is 0 Å². The molecule has 0 saturated heterocycles. The molecule has 1 aliphatic carbocycles. The van der Waals surface area contributed by atoms with Gasteiger partial charge < -0.3 is 10.6 Å². The minimum atomic E-state index is -0.0137. The Morgan fingerprint density at radius 3 is 3.00 bits per heavy atom. The smallest absolute Gasteiger partial charge is 0.255 e. The van der Waals surface area contributed by atoms with Gasteiger partial charge in [-0.05, 0) is 38.3 Å². The molecule has 1 saturated carbocycles. The number of halogens is 1. The van der Waals surface area contributed by atoms with E-state index in [4.69, 9.17) is 17.3 Å². The molecule has 104 valence electrons. The minimum absolute atomic E-state index is 0.0137. The average Bonchev–Trinajstić information content (AvgIpc) is 2.88. The van der Waals surface area contributed by atoms with Crippen molar-refractivity contribution >= 4 is 17.5 Å². The van der Waals surface area contributed by atoms with Crippen molar-refractivity contribution in [1.82, 2.24) is 9.88 Å². The van der Waals surface area contributed by atoms with Gasteiger partial charge in [0.15, 0.2) is 0 Å². The van der Waals surface area contributed by atoms with E-state index in [2.05, 4.69) is 4.98 Å². The van der Waals surface area contributed by atoms with E-state index in [1.807, 2.05) is 11.8 Å². The van der Waals surface area contributed by atoms with Crippen LogP contribution in [0.2, 0.25) is 5.02 Å². The molecule has 0 spiro atoms. The van der Waals surface area contributed by atoms with E-state index in [9.17, 15) is 4.79 Å². The van der Waals surface area contributed by atoms with E-state index in [1.54, 1.807) is 12.3 Å². The Morgan fingerprint density at radius 2 is 2.37 bits per heavy atom. The molecule has 1 amide bonds. The molecule has 2 atom stereocenters. The monoisotopic (exact) mass is 281 g/mol. The molecule has 1 aromatic rings. The molecule has 0 radical (unpaired) electrons. The van der Waals surface area contributed by atoms with E-state index >= 15 is 0 Å². The lowest BCUT2D eigenvalue weighted by Gasteiger charge is -2.32. The Balaban J connectivity index is 2.22. The Labute approximate surface area is 118 Å². The van der Waals surface area contributed by atoms with Gasteiger partial charge in [0.2, 0.25) is 0 Å². The molecule has 0 aliphatic heterocycles.